The van der Waals surface area contributed by atoms with Crippen molar-refractivity contribution in [2.45, 2.75) is 59.0 Å². The largest absolute Gasteiger partial charge is 0.311 e. The fourth-order valence-corrected chi connectivity index (χ4v) is 3.50. The summed E-state index contributed by atoms with van der Waals surface area (Å²) in [5, 5.41) is 3.75. The lowest BCUT2D eigenvalue weighted by Crippen LogP contribution is -2.58. The summed E-state index contributed by atoms with van der Waals surface area (Å²) in [6.07, 6.45) is 3.74. The topological polar surface area (TPSA) is 15.3 Å². The molecular weight excluding hydrogens is 256 g/mol. The minimum Gasteiger partial charge on any atom is -0.311 e. The Morgan fingerprint density at radius 2 is 2.14 bits per heavy atom. The van der Waals surface area contributed by atoms with Crippen LogP contribution in [0.2, 0.25) is 0 Å². The molecule has 2 rings (SSSR count). The number of hydrogen-bond donors (Lipinski definition) is 1. The number of aryl methyl sites for hydroxylation is 1. The Bertz CT molecular complexity index is 427. The van der Waals surface area contributed by atoms with E-state index in [1.165, 1.54) is 43.5 Å². The Morgan fingerprint density at radius 1 is 1.33 bits per heavy atom. The quantitative estimate of drug-likeness (QED) is 0.860. The van der Waals surface area contributed by atoms with Gasteiger partial charge in [0.2, 0.25) is 0 Å². The van der Waals surface area contributed by atoms with Gasteiger partial charge < -0.3 is 5.32 Å². The molecule has 2 unspecified atom stereocenters. The van der Waals surface area contributed by atoms with Crippen molar-refractivity contribution in [3.63, 3.8) is 0 Å². The molecule has 0 radical (unpaired) electrons. The molecule has 2 heteroatoms. The molecule has 1 saturated heterocycles. The Labute approximate surface area is 130 Å². The Kier molecular flexibility index (Phi) is 6.25. The summed E-state index contributed by atoms with van der Waals surface area (Å²) < 4.78 is 0. The Balaban J connectivity index is 1.95. The number of benzene rings is 1. The summed E-state index contributed by atoms with van der Waals surface area (Å²) >= 11 is 0. The predicted molar refractivity (Wildman–Crippen MR) is 91.8 cm³/mol. The van der Waals surface area contributed by atoms with Crippen molar-refractivity contribution in [1.29, 1.82) is 0 Å². The van der Waals surface area contributed by atoms with E-state index in [1.54, 1.807) is 0 Å². The number of nitrogens with zero attached hydrogens (tertiary/aromatic N) is 1. The van der Waals surface area contributed by atoms with Gasteiger partial charge in [0.05, 0.1) is 0 Å². The van der Waals surface area contributed by atoms with Crippen LogP contribution in [0.5, 0.6) is 0 Å². The average Bonchev–Trinajstić information content (AvgIpc) is 2.45. The molecule has 1 aliphatic rings. The van der Waals surface area contributed by atoms with Crippen molar-refractivity contribution < 1.29 is 0 Å². The first kappa shape index (κ1) is 16.5. The zero-order valence-electron chi connectivity index (χ0n) is 14.2. The molecule has 1 aliphatic heterocycles. The van der Waals surface area contributed by atoms with Crippen LogP contribution < -0.4 is 5.32 Å². The molecule has 2 atom stereocenters. The van der Waals surface area contributed by atoms with Crippen LogP contribution in [-0.2, 0) is 6.42 Å². The molecular formula is C19H32N2. The minimum absolute atomic E-state index is 0.683. The molecule has 0 saturated carbocycles. The highest BCUT2D eigenvalue weighted by Crippen LogP contribution is 2.18. The molecule has 1 N–H and O–H groups in total. The second-order valence-electron chi connectivity index (χ2n) is 6.94. The van der Waals surface area contributed by atoms with E-state index in [1.807, 2.05) is 0 Å². The minimum atomic E-state index is 0.683. The standard InChI is InChI=1S/C19H32N2/c1-5-7-18-14-21(19(13-20-18)15(2)3)11-10-17-9-6-8-16(4)12-17/h6,8-9,12,15,18-20H,5,7,10-11,13-14H2,1-4H3. The van der Waals surface area contributed by atoms with Crippen molar-refractivity contribution in [2.75, 3.05) is 19.6 Å². The van der Waals surface area contributed by atoms with Crippen molar-refractivity contribution in [2.24, 2.45) is 5.92 Å². The SMILES string of the molecule is CCCC1CN(CCc2cccc(C)c2)C(C(C)C)CN1. The molecule has 0 bridgehead atoms. The maximum absolute atomic E-state index is 3.75. The van der Waals surface area contributed by atoms with Crippen LogP contribution in [0.1, 0.15) is 44.7 Å². The molecule has 1 heterocycles. The monoisotopic (exact) mass is 288 g/mol. The molecule has 0 aliphatic carbocycles. The van der Waals surface area contributed by atoms with Crippen LogP contribution in [0.4, 0.5) is 0 Å². The van der Waals surface area contributed by atoms with E-state index in [4.69, 9.17) is 0 Å². The van der Waals surface area contributed by atoms with Crippen LogP contribution in [0, 0.1) is 12.8 Å². The maximum Gasteiger partial charge on any atom is 0.0244 e. The summed E-state index contributed by atoms with van der Waals surface area (Å²) in [5.74, 6) is 0.720. The van der Waals surface area contributed by atoms with Crippen molar-refractivity contribution >= 4 is 0 Å². The highest BCUT2D eigenvalue weighted by Gasteiger charge is 2.28. The lowest BCUT2D eigenvalue weighted by Gasteiger charge is -2.42. The summed E-state index contributed by atoms with van der Waals surface area (Å²) in [6, 6.07) is 10.3. The van der Waals surface area contributed by atoms with Gasteiger partial charge in [-0.1, -0.05) is 57.0 Å². The third-order valence-corrected chi connectivity index (χ3v) is 4.72. The molecule has 0 aromatic heterocycles. The van der Waals surface area contributed by atoms with E-state index < -0.39 is 0 Å². The summed E-state index contributed by atoms with van der Waals surface area (Å²) in [7, 11) is 0. The molecule has 2 nitrogen and oxygen atoms in total. The maximum atomic E-state index is 3.75. The lowest BCUT2D eigenvalue weighted by molar-refractivity contribution is 0.0969. The number of hydrogen-bond acceptors (Lipinski definition) is 2. The zero-order valence-corrected chi connectivity index (χ0v) is 14.2. The van der Waals surface area contributed by atoms with Crippen LogP contribution in [0.15, 0.2) is 24.3 Å². The third-order valence-electron chi connectivity index (χ3n) is 4.72. The van der Waals surface area contributed by atoms with E-state index in [9.17, 15) is 0 Å². The van der Waals surface area contributed by atoms with E-state index in [-0.39, 0.29) is 0 Å². The van der Waals surface area contributed by atoms with E-state index >= 15 is 0 Å². The van der Waals surface area contributed by atoms with E-state index in [2.05, 4.69) is 62.2 Å². The highest BCUT2D eigenvalue weighted by molar-refractivity contribution is 5.22. The zero-order chi connectivity index (χ0) is 15.2. The van der Waals surface area contributed by atoms with Crippen LogP contribution in [-0.4, -0.2) is 36.6 Å². The molecule has 1 fully saturated rings. The van der Waals surface area contributed by atoms with Gasteiger partial charge >= 0.3 is 0 Å². The molecule has 1 aromatic carbocycles. The fourth-order valence-electron chi connectivity index (χ4n) is 3.50. The summed E-state index contributed by atoms with van der Waals surface area (Å²) in [4.78, 5) is 2.73. The first-order valence-electron chi connectivity index (χ1n) is 8.63. The molecule has 1 aromatic rings. The second-order valence-corrected chi connectivity index (χ2v) is 6.94. The predicted octanol–water partition coefficient (Wildman–Crippen LogP) is 3.64. The van der Waals surface area contributed by atoms with Crippen molar-refractivity contribution in [3.05, 3.63) is 35.4 Å². The number of piperazine rings is 1. The van der Waals surface area contributed by atoms with E-state index in [0.29, 0.717) is 12.1 Å². The van der Waals surface area contributed by atoms with Crippen LogP contribution in [0.25, 0.3) is 0 Å². The van der Waals surface area contributed by atoms with Gasteiger partial charge in [0, 0.05) is 31.7 Å². The van der Waals surface area contributed by atoms with Gasteiger partial charge in [0.1, 0.15) is 0 Å². The van der Waals surface area contributed by atoms with Crippen molar-refractivity contribution in [3.8, 4) is 0 Å². The molecule has 118 valence electrons. The summed E-state index contributed by atoms with van der Waals surface area (Å²) in [6.45, 7) is 12.7. The normalized spacial score (nSPS) is 23.7. The second kappa shape index (κ2) is 7.95. The van der Waals surface area contributed by atoms with Gasteiger partial charge in [0.15, 0.2) is 0 Å². The Morgan fingerprint density at radius 3 is 2.81 bits per heavy atom. The van der Waals surface area contributed by atoms with Gasteiger partial charge in [-0.15, -0.1) is 0 Å². The first-order valence-corrected chi connectivity index (χ1v) is 8.63. The fraction of sp³-hybridized carbons (Fsp3) is 0.684. The summed E-state index contributed by atoms with van der Waals surface area (Å²) in [5.41, 5.74) is 2.85. The van der Waals surface area contributed by atoms with E-state index in [0.717, 1.165) is 12.5 Å². The Hall–Kier alpha value is -0.860. The smallest absolute Gasteiger partial charge is 0.0244 e. The third kappa shape index (κ3) is 4.82. The average molecular weight is 288 g/mol. The van der Waals surface area contributed by atoms with Gasteiger partial charge in [0.25, 0.3) is 0 Å². The van der Waals surface area contributed by atoms with Crippen LogP contribution in [0.3, 0.4) is 0 Å². The highest BCUT2D eigenvalue weighted by atomic mass is 15.2. The lowest BCUT2D eigenvalue weighted by atomic mass is 9.96. The van der Waals surface area contributed by atoms with Crippen molar-refractivity contribution in [1.82, 2.24) is 10.2 Å². The first-order chi connectivity index (χ1) is 10.1. The number of nitrogens with one attached hydrogen (secondary N) is 1. The van der Waals surface area contributed by atoms with Gasteiger partial charge in [-0.05, 0) is 31.2 Å². The van der Waals surface area contributed by atoms with Gasteiger partial charge in [-0.2, -0.15) is 0 Å². The van der Waals surface area contributed by atoms with Gasteiger partial charge in [-0.3, -0.25) is 4.90 Å². The molecule has 21 heavy (non-hydrogen) atoms. The number of rotatable bonds is 6. The molecule has 0 amide bonds. The molecule has 0 spiro atoms. The van der Waals surface area contributed by atoms with Gasteiger partial charge in [-0.25, -0.2) is 0 Å². The van der Waals surface area contributed by atoms with Crippen LogP contribution >= 0.6 is 0 Å².